The Labute approximate surface area is 122 Å². The summed E-state index contributed by atoms with van der Waals surface area (Å²) in [5.41, 5.74) is -0.135. The first-order valence-corrected chi connectivity index (χ1v) is 6.67. The van der Waals surface area contributed by atoms with Crippen molar-refractivity contribution in [2.45, 2.75) is 20.3 Å². The van der Waals surface area contributed by atoms with Crippen LogP contribution in [0.4, 0.5) is 10.6 Å². The SMILES string of the molecule is COc1ccc(C)nc1NC(=O)N1CCC(C)(C(=O)O)C1. The first-order valence-electron chi connectivity index (χ1n) is 6.67. The molecular formula is C14H19N3O4. The van der Waals surface area contributed by atoms with E-state index in [0.29, 0.717) is 24.5 Å². The van der Waals surface area contributed by atoms with Crippen LogP contribution >= 0.6 is 0 Å². The zero-order valence-corrected chi connectivity index (χ0v) is 12.3. The van der Waals surface area contributed by atoms with Crippen molar-refractivity contribution in [3.8, 4) is 5.75 Å². The summed E-state index contributed by atoms with van der Waals surface area (Å²) < 4.78 is 5.15. The van der Waals surface area contributed by atoms with Gasteiger partial charge in [-0.05, 0) is 32.4 Å². The van der Waals surface area contributed by atoms with Gasteiger partial charge >= 0.3 is 12.0 Å². The van der Waals surface area contributed by atoms with Crippen LogP contribution < -0.4 is 10.1 Å². The van der Waals surface area contributed by atoms with Gasteiger partial charge < -0.3 is 14.7 Å². The van der Waals surface area contributed by atoms with Gasteiger partial charge in [0.25, 0.3) is 0 Å². The van der Waals surface area contributed by atoms with Gasteiger partial charge in [0.1, 0.15) is 0 Å². The summed E-state index contributed by atoms with van der Waals surface area (Å²) in [5.74, 6) is -0.0790. The van der Waals surface area contributed by atoms with Crippen molar-refractivity contribution in [2.24, 2.45) is 5.41 Å². The minimum Gasteiger partial charge on any atom is -0.493 e. The van der Waals surface area contributed by atoms with Crippen molar-refractivity contribution in [2.75, 3.05) is 25.5 Å². The second kappa shape index (κ2) is 5.59. The number of hydrogen-bond donors (Lipinski definition) is 2. The number of aromatic nitrogens is 1. The maximum absolute atomic E-state index is 12.2. The van der Waals surface area contributed by atoms with Crippen LogP contribution in [0.25, 0.3) is 0 Å². The Bertz CT molecular complexity index is 575. The third-order valence-corrected chi connectivity index (χ3v) is 3.72. The van der Waals surface area contributed by atoms with Gasteiger partial charge in [-0.25, -0.2) is 9.78 Å². The van der Waals surface area contributed by atoms with Crippen LogP contribution in [-0.2, 0) is 4.79 Å². The molecule has 1 aromatic heterocycles. The highest BCUT2D eigenvalue weighted by atomic mass is 16.5. The highest BCUT2D eigenvalue weighted by Crippen LogP contribution is 2.31. The molecule has 1 aromatic rings. The monoisotopic (exact) mass is 293 g/mol. The molecule has 1 fully saturated rings. The van der Waals surface area contributed by atoms with Gasteiger partial charge in [0, 0.05) is 18.8 Å². The number of anilines is 1. The van der Waals surface area contributed by atoms with Crippen molar-refractivity contribution < 1.29 is 19.4 Å². The molecule has 1 aliphatic heterocycles. The second-order valence-corrected chi connectivity index (χ2v) is 5.47. The second-order valence-electron chi connectivity index (χ2n) is 5.47. The number of methoxy groups -OCH3 is 1. The van der Waals surface area contributed by atoms with Crippen LogP contribution in [0.5, 0.6) is 5.75 Å². The molecule has 7 heteroatoms. The predicted octanol–water partition coefficient (Wildman–Crippen LogP) is 1.73. The number of amides is 2. The average Bonchev–Trinajstić information content (AvgIpc) is 2.83. The summed E-state index contributed by atoms with van der Waals surface area (Å²) in [4.78, 5) is 29.1. The fourth-order valence-corrected chi connectivity index (χ4v) is 2.29. The van der Waals surface area contributed by atoms with Crippen LogP contribution in [0.3, 0.4) is 0 Å². The number of aliphatic carboxylic acids is 1. The summed E-state index contributed by atoms with van der Waals surface area (Å²) in [6.07, 6.45) is 0.439. The number of likely N-dealkylation sites (tertiary alicyclic amines) is 1. The Kier molecular flexibility index (Phi) is 4.02. The number of carboxylic acid groups (broad SMARTS) is 1. The molecule has 2 heterocycles. The number of urea groups is 1. The van der Waals surface area contributed by atoms with Gasteiger partial charge in [0.15, 0.2) is 11.6 Å². The molecule has 114 valence electrons. The number of rotatable bonds is 3. The molecule has 0 spiro atoms. The lowest BCUT2D eigenvalue weighted by atomic mass is 9.90. The Balaban J connectivity index is 2.10. The highest BCUT2D eigenvalue weighted by molar-refractivity contribution is 5.90. The maximum Gasteiger partial charge on any atom is 0.323 e. The zero-order valence-electron chi connectivity index (χ0n) is 12.3. The zero-order chi connectivity index (χ0) is 15.6. The van der Waals surface area contributed by atoms with Gasteiger partial charge in [-0.15, -0.1) is 0 Å². The van der Waals surface area contributed by atoms with E-state index in [2.05, 4.69) is 10.3 Å². The lowest BCUT2D eigenvalue weighted by Crippen LogP contribution is -2.37. The van der Waals surface area contributed by atoms with Crippen molar-refractivity contribution in [3.05, 3.63) is 17.8 Å². The van der Waals surface area contributed by atoms with E-state index in [1.807, 2.05) is 6.92 Å². The molecule has 1 atom stereocenters. The first kappa shape index (κ1) is 15.1. The number of nitrogens with one attached hydrogen (secondary N) is 1. The quantitative estimate of drug-likeness (QED) is 0.885. The van der Waals surface area contributed by atoms with Crippen molar-refractivity contribution in [1.82, 2.24) is 9.88 Å². The molecule has 2 rings (SSSR count). The average molecular weight is 293 g/mol. The number of carbonyl (C=O) groups excluding carboxylic acids is 1. The van der Waals surface area contributed by atoms with Gasteiger partial charge in [-0.3, -0.25) is 10.1 Å². The Morgan fingerprint density at radius 2 is 2.19 bits per heavy atom. The molecule has 0 aromatic carbocycles. The molecule has 1 unspecified atom stereocenters. The van der Waals surface area contributed by atoms with Crippen LogP contribution in [0.15, 0.2) is 12.1 Å². The van der Waals surface area contributed by atoms with E-state index in [0.717, 1.165) is 5.69 Å². The number of hydrogen-bond acceptors (Lipinski definition) is 4. The summed E-state index contributed by atoms with van der Waals surface area (Å²) in [6.45, 7) is 4.05. The number of carbonyl (C=O) groups is 2. The smallest absolute Gasteiger partial charge is 0.323 e. The topological polar surface area (TPSA) is 91.8 Å². The van der Waals surface area contributed by atoms with Gasteiger partial charge in [-0.1, -0.05) is 0 Å². The fraction of sp³-hybridized carbons (Fsp3) is 0.500. The molecular weight excluding hydrogens is 274 g/mol. The maximum atomic E-state index is 12.2. The summed E-state index contributed by atoms with van der Waals surface area (Å²) in [6, 6.07) is 3.14. The van der Waals surface area contributed by atoms with Gasteiger partial charge in [-0.2, -0.15) is 0 Å². The first-order chi connectivity index (χ1) is 9.85. The van der Waals surface area contributed by atoms with Gasteiger partial charge in [0.05, 0.1) is 12.5 Å². The molecule has 0 bridgehead atoms. The minimum atomic E-state index is -0.887. The molecule has 21 heavy (non-hydrogen) atoms. The summed E-state index contributed by atoms with van der Waals surface area (Å²) >= 11 is 0. The van der Waals surface area contributed by atoms with Crippen LogP contribution in [-0.4, -0.2) is 47.2 Å². The molecule has 1 saturated heterocycles. The molecule has 2 N–H and O–H groups in total. The number of aryl methyl sites for hydroxylation is 1. The van der Waals surface area contributed by atoms with E-state index >= 15 is 0 Å². The van der Waals surface area contributed by atoms with Crippen LogP contribution in [0.1, 0.15) is 19.0 Å². The van der Waals surface area contributed by atoms with E-state index in [4.69, 9.17) is 4.74 Å². The third-order valence-electron chi connectivity index (χ3n) is 3.72. The lowest BCUT2D eigenvalue weighted by molar-refractivity contribution is -0.146. The van der Waals surface area contributed by atoms with E-state index in [1.165, 1.54) is 12.0 Å². The molecule has 2 amide bonds. The third kappa shape index (κ3) is 3.07. The Hall–Kier alpha value is -2.31. The fourth-order valence-electron chi connectivity index (χ4n) is 2.29. The Morgan fingerprint density at radius 1 is 1.48 bits per heavy atom. The Morgan fingerprint density at radius 3 is 2.76 bits per heavy atom. The van der Waals surface area contributed by atoms with E-state index in [1.54, 1.807) is 19.1 Å². The van der Waals surface area contributed by atoms with Gasteiger partial charge in [0.2, 0.25) is 0 Å². The normalized spacial score (nSPS) is 21.2. The highest BCUT2D eigenvalue weighted by Gasteiger charge is 2.42. The predicted molar refractivity (Wildman–Crippen MR) is 76.5 cm³/mol. The van der Waals surface area contributed by atoms with E-state index in [-0.39, 0.29) is 12.6 Å². The van der Waals surface area contributed by atoms with Crippen molar-refractivity contribution >= 4 is 17.8 Å². The van der Waals surface area contributed by atoms with E-state index < -0.39 is 11.4 Å². The lowest BCUT2D eigenvalue weighted by Gasteiger charge is -2.20. The molecule has 7 nitrogen and oxygen atoms in total. The van der Waals surface area contributed by atoms with Crippen molar-refractivity contribution in [3.63, 3.8) is 0 Å². The molecule has 0 aliphatic carbocycles. The summed E-state index contributed by atoms with van der Waals surface area (Å²) in [5, 5.41) is 11.9. The van der Waals surface area contributed by atoms with Crippen molar-refractivity contribution in [1.29, 1.82) is 0 Å². The molecule has 0 saturated carbocycles. The number of pyridine rings is 1. The minimum absolute atomic E-state index is 0.183. The standard InChI is InChI=1S/C14H19N3O4/c1-9-4-5-10(21-3)11(15-9)16-13(20)17-7-6-14(2,8-17)12(18)19/h4-5H,6-8H2,1-3H3,(H,18,19)(H,15,16,20). The van der Waals surface area contributed by atoms with E-state index in [9.17, 15) is 14.7 Å². The van der Waals surface area contributed by atoms with Crippen LogP contribution in [0.2, 0.25) is 0 Å². The molecule has 0 radical (unpaired) electrons. The van der Waals surface area contributed by atoms with Crippen LogP contribution in [0, 0.1) is 12.3 Å². The number of nitrogens with zero attached hydrogens (tertiary/aromatic N) is 2. The molecule has 1 aliphatic rings. The number of carboxylic acids is 1. The number of ether oxygens (including phenoxy) is 1. The summed E-state index contributed by atoms with van der Waals surface area (Å²) in [7, 11) is 1.50. The largest absolute Gasteiger partial charge is 0.493 e.